The summed E-state index contributed by atoms with van der Waals surface area (Å²) in [6, 6.07) is 27.4. The fourth-order valence-electron chi connectivity index (χ4n) is 7.65. The molecule has 0 bridgehead atoms. The third-order valence-electron chi connectivity index (χ3n) is 9.62. The van der Waals surface area contributed by atoms with Crippen molar-refractivity contribution >= 4 is 21.8 Å². The molecular weight excluding hydrogens is 552 g/mol. The number of rotatable bonds is 6. The number of aryl methyl sites for hydroxylation is 1. The van der Waals surface area contributed by atoms with Crippen molar-refractivity contribution in [3.63, 3.8) is 0 Å². The topological polar surface area (TPSA) is 44.9 Å². The van der Waals surface area contributed by atoms with Crippen molar-refractivity contribution in [2.75, 3.05) is 0 Å². The highest BCUT2D eigenvalue weighted by Gasteiger charge is 2.31. The third kappa shape index (κ3) is 5.14. The lowest BCUT2D eigenvalue weighted by Gasteiger charge is -2.32. The van der Waals surface area contributed by atoms with E-state index in [-0.39, 0.29) is 0 Å². The van der Waals surface area contributed by atoms with Crippen molar-refractivity contribution in [2.45, 2.75) is 66.7 Å². The average molecular weight is 595 g/mol. The zero-order chi connectivity index (χ0) is 31.4. The molecule has 0 spiro atoms. The van der Waals surface area contributed by atoms with Crippen LogP contribution in [0.3, 0.4) is 0 Å². The quantitative estimate of drug-likeness (QED) is 0.180. The number of nitrogens with zero attached hydrogens (tertiary/aromatic N) is 4. The van der Waals surface area contributed by atoms with E-state index >= 15 is 0 Å². The molecule has 0 saturated carbocycles. The van der Waals surface area contributed by atoms with Gasteiger partial charge in [-0.3, -0.25) is 4.57 Å². The lowest BCUT2D eigenvalue weighted by Crippen LogP contribution is -2.20. The predicted molar refractivity (Wildman–Crippen MR) is 185 cm³/mol. The minimum absolute atomic E-state index is 0.406. The van der Waals surface area contributed by atoms with Crippen LogP contribution in [-0.4, -0.2) is 19.3 Å². The molecule has 228 valence electrons. The SMILES string of the molecule is CC1=C[C@H](C)C[C@H](C)C1c1c(C)nn(-c2cccc(Oc3ccc4c5ccccc5n(-c5cc(C(C)C)ccn5)c4c3)c2)c1C. The van der Waals surface area contributed by atoms with Gasteiger partial charge in [0.2, 0.25) is 0 Å². The van der Waals surface area contributed by atoms with Gasteiger partial charge < -0.3 is 4.74 Å². The Balaban J connectivity index is 1.26. The second-order valence-corrected chi connectivity index (χ2v) is 13.3. The fourth-order valence-corrected chi connectivity index (χ4v) is 7.65. The minimum atomic E-state index is 0.406. The van der Waals surface area contributed by atoms with E-state index in [0.29, 0.717) is 23.7 Å². The van der Waals surface area contributed by atoms with Gasteiger partial charge in [0.1, 0.15) is 17.3 Å². The second-order valence-electron chi connectivity index (χ2n) is 13.3. The maximum atomic E-state index is 6.55. The molecule has 3 heterocycles. The summed E-state index contributed by atoms with van der Waals surface area (Å²) < 4.78 is 10.9. The monoisotopic (exact) mass is 594 g/mol. The predicted octanol–water partition coefficient (Wildman–Crippen LogP) is 10.6. The van der Waals surface area contributed by atoms with Crippen molar-refractivity contribution in [1.29, 1.82) is 0 Å². The molecule has 1 unspecified atom stereocenters. The number of aromatic nitrogens is 4. The Kier molecular flexibility index (Phi) is 7.35. The van der Waals surface area contributed by atoms with Crippen LogP contribution in [-0.2, 0) is 0 Å². The molecule has 0 fully saturated rings. The lowest BCUT2D eigenvalue weighted by molar-refractivity contribution is 0.390. The average Bonchev–Trinajstić information content (AvgIpc) is 3.50. The number of allylic oxidation sites excluding steroid dienone is 2. The standard InChI is InChI=1S/C40H42N4O/c1-24(2)30-17-18-41-38(21-30)43-36-14-9-8-13-34(36)35-16-15-33(23-37(35)43)45-32-12-10-11-31(22-32)44-29(7)40(28(6)42-44)39-26(4)19-25(3)20-27(39)5/h8-19,21-25,27,39H,20H2,1-7H3/t25-,27-,39?/m0/s1. The Bertz CT molecular complexity index is 2080. The number of hydrogen-bond acceptors (Lipinski definition) is 3. The summed E-state index contributed by atoms with van der Waals surface area (Å²) >= 11 is 0. The normalized spacial score (nSPS) is 18.6. The number of para-hydroxylation sites is 1. The van der Waals surface area contributed by atoms with E-state index in [9.17, 15) is 0 Å². The van der Waals surface area contributed by atoms with E-state index in [1.54, 1.807) is 0 Å². The highest BCUT2D eigenvalue weighted by Crippen LogP contribution is 2.43. The van der Waals surface area contributed by atoms with Gasteiger partial charge in [-0.25, -0.2) is 9.67 Å². The van der Waals surface area contributed by atoms with Gasteiger partial charge in [-0.15, -0.1) is 0 Å². The molecule has 7 rings (SSSR count). The van der Waals surface area contributed by atoms with Crippen LogP contribution in [0, 0.1) is 25.7 Å². The molecule has 3 atom stereocenters. The summed E-state index contributed by atoms with van der Waals surface area (Å²) in [4.78, 5) is 4.80. The van der Waals surface area contributed by atoms with Crippen LogP contribution in [0.25, 0.3) is 33.3 Å². The van der Waals surface area contributed by atoms with Gasteiger partial charge in [0, 0.05) is 46.3 Å². The summed E-state index contributed by atoms with van der Waals surface area (Å²) in [6.45, 7) is 15.8. The van der Waals surface area contributed by atoms with Crippen molar-refractivity contribution in [2.24, 2.45) is 11.8 Å². The van der Waals surface area contributed by atoms with E-state index in [4.69, 9.17) is 14.8 Å². The van der Waals surface area contributed by atoms with Gasteiger partial charge in [0.05, 0.1) is 22.4 Å². The van der Waals surface area contributed by atoms with E-state index < -0.39 is 0 Å². The fraction of sp³-hybridized carbons (Fsp3) is 0.300. The Morgan fingerprint density at radius 1 is 0.822 bits per heavy atom. The van der Waals surface area contributed by atoms with Crippen molar-refractivity contribution in [3.8, 4) is 23.0 Å². The number of ether oxygens (including phenoxy) is 1. The van der Waals surface area contributed by atoms with Gasteiger partial charge in [-0.1, -0.05) is 63.6 Å². The van der Waals surface area contributed by atoms with Crippen molar-refractivity contribution < 1.29 is 4.74 Å². The molecule has 5 nitrogen and oxygen atoms in total. The first kappa shape index (κ1) is 29.1. The maximum absolute atomic E-state index is 6.55. The number of fused-ring (bicyclic) bond motifs is 3. The molecule has 0 radical (unpaired) electrons. The second kappa shape index (κ2) is 11.4. The van der Waals surface area contributed by atoms with Crippen LogP contribution in [0.15, 0.2) is 96.7 Å². The molecule has 0 aliphatic heterocycles. The first-order valence-corrected chi connectivity index (χ1v) is 16.2. The van der Waals surface area contributed by atoms with E-state index in [2.05, 4.69) is 131 Å². The smallest absolute Gasteiger partial charge is 0.137 e. The minimum Gasteiger partial charge on any atom is -0.457 e. The Morgan fingerprint density at radius 3 is 2.40 bits per heavy atom. The van der Waals surface area contributed by atoms with Crippen LogP contribution in [0.1, 0.15) is 75.4 Å². The van der Waals surface area contributed by atoms with Gasteiger partial charge in [-0.05, 0) is 93.0 Å². The largest absolute Gasteiger partial charge is 0.457 e. The van der Waals surface area contributed by atoms with Crippen LogP contribution in [0.2, 0.25) is 0 Å². The highest BCUT2D eigenvalue weighted by atomic mass is 16.5. The van der Waals surface area contributed by atoms with Gasteiger partial charge >= 0.3 is 0 Å². The summed E-state index contributed by atoms with van der Waals surface area (Å²) in [5.41, 5.74) is 9.60. The van der Waals surface area contributed by atoms with E-state index in [1.165, 1.54) is 39.6 Å². The lowest BCUT2D eigenvalue weighted by atomic mass is 9.72. The van der Waals surface area contributed by atoms with Gasteiger partial charge in [0.25, 0.3) is 0 Å². The molecule has 0 saturated heterocycles. The molecule has 5 heteroatoms. The van der Waals surface area contributed by atoms with Crippen LogP contribution < -0.4 is 4.74 Å². The molecule has 6 aromatic rings. The molecule has 0 N–H and O–H groups in total. The Labute approximate surface area is 266 Å². The number of pyridine rings is 1. The van der Waals surface area contributed by atoms with Gasteiger partial charge in [-0.2, -0.15) is 5.10 Å². The van der Waals surface area contributed by atoms with Crippen LogP contribution in [0.4, 0.5) is 0 Å². The zero-order valence-corrected chi connectivity index (χ0v) is 27.4. The summed E-state index contributed by atoms with van der Waals surface area (Å²) in [6.07, 6.45) is 5.56. The number of hydrogen-bond donors (Lipinski definition) is 0. The summed E-state index contributed by atoms with van der Waals surface area (Å²) in [7, 11) is 0. The Hall–Kier alpha value is -4.64. The van der Waals surface area contributed by atoms with Crippen LogP contribution >= 0.6 is 0 Å². The third-order valence-corrected chi connectivity index (χ3v) is 9.62. The molecule has 1 aliphatic rings. The maximum Gasteiger partial charge on any atom is 0.137 e. The molecule has 0 amide bonds. The van der Waals surface area contributed by atoms with E-state index in [1.807, 2.05) is 18.3 Å². The van der Waals surface area contributed by atoms with E-state index in [0.717, 1.165) is 39.7 Å². The number of benzene rings is 3. The van der Waals surface area contributed by atoms with Crippen LogP contribution in [0.5, 0.6) is 11.5 Å². The van der Waals surface area contributed by atoms with Gasteiger partial charge in [0.15, 0.2) is 0 Å². The molecule has 1 aliphatic carbocycles. The molecule has 45 heavy (non-hydrogen) atoms. The van der Waals surface area contributed by atoms with Crippen molar-refractivity contribution in [1.82, 2.24) is 19.3 Å². The Morgan fingerprint density at radius 2 is 1.60 bits per heavy atom. The first-order chi connectivity index (χ1) is 21.7. The summed E-state index contributed by atoms with van der Waals surface area (Å²) in [5, 5.41) is 7.42. The van der Waals surface area contributed by atoms with Crippen molar-refractivity contribution in [3.05, 3.63) is 119 Å². The molecular formula is C40H42N4O. The molecule has 3 aromatic heterocycles. The highest BCUT2D eigenvalue weighted by molar-refractivity contribution is 6.09. The zero-order valence-electron chi connectivity index (χ0n) is 27.4. The first-order valence-electron chi connectivity index (χ1n) is 16.2. The summed E-state index contributed by atoms with van der Waals surface area (Å²) in [5.74, 6) is 4.51. The molecule has 3 aromatic carbocycles.